The number of carbonyl (C=O) groups excluding carboxylic acids is 2. The summed E-state index contributed by atoms with van der Waals surface area (Å²) in [6.45, 7) is 2.81. The van der Waals surface area contributed by atoms with Gasteiger partial charge in [-0.15, -0.1) is 0 Å². The van der Waals surface area contributed by atoms with E-state index in [1.807, 2.05) is 0 Å². The lowest BCUT2D eigenvalue weighted by molar-refractivity contribution is -0.123. The Morgan fingerprint density at radius 3 is 2.42 bits per heavy atom. The van der Waals surface area contributed by atoms with Crippen LogP contribution >= 0.6 is 11.6 Å². The zero-order valence-corrected chi connectivity index (χ0v) is 14.8. The molecule has 8 heteroatoms. The molecule has 2 amide bonds. The van der Waals surface area contributed by atoms with Gasteiger partial charge in [0, 0.05) is 43.6 Å². The molecule has 2 fully saturated rings. The molecule has 1 aromatic heterocycles. The standard InChI is InChI=1S/C18H18ClN5O2/c19-13-3-1-4-14(11-13)24-16(25)12-15(17(24)26)22-7-9-23(10-8-22)18-20-5-2-6-21-18/h1-6,11,15H,7-10,12H2/t15-/m1/s1. The number of piperazine rings is 1. The molecular weight excluding hydrogens is 354 g/mol. The van der Waals surface area contributed by atoms with E-state index in [4.69, 9.17) is 11.6 Å². The Morgan fingerprint density at radius 1 is 1.00 bits per heavy atom. The second-order valence-corrected chi connectivity index (χ2v) is 6.78. The Kier molecular flexibility index (Phi) is 4.57. The molecule has 26 heavy (non-hydrogen) atoms. The van der Waals surface area contributed by atoms with E-state index in [9.17, 15) is 9.59 Å². The fourth-order valence-corrected chi connectivity index (χ4v) is 3.66. The number of hydrogen-bond acceptors (Lipinski definition) is 6. The Hall–Kier alpha value is -2.51. The third-order valence-corrected chi connectivity index (χ3v) is 5.01. The molecule has 2 saturated heterocycles. The normalized spacial score (nSPS) is 21.5. The molecule has 1 atom stereocenters. The number of benzene rings is 1. The SMILES string of the molecule is O=C1C[C@@H](N2CCN(c3ncccn3)CC2)C(=O)N1c1cccc(Cl)c1. The van der Waals surface area contributed by atoms with E-state index in [1.165, 1.54) is 4.90 Å². The second kappa shape index (κ2) is 7.01. The van der Waals surface area contributed by atoms with E-state index in [0.29, 0.717) is 29.7 Å². The van der Waals surface area contributed by atoms with Gasteiger partial charge in [0.25, 0.3) is 5.91 Å². The number of halogens is 1. The molecule has 3 heterocycles. The first-order valence-electron chi connectivity index (χ1n) is 8.52. The lowest BCUT2D eigenvalue weighted by Gasteiger charge is -2.36. The highest BCUT2D eigenvalue weighted by Crippen LogP contribution is 2.28. The molecule has 2 aliphatic rings. The molecule has 0 unspecified atom stereocenters. The van der Waals surface area contributed by atoms with Crippen molar-refractivity contribution in [2.75, 3.05) is 36.0 Å². The van der Waals surface area contributed by atoms with Crippen molar-refractivity contribution in [3.63, 3.8) is 0 Å². The zero-order chi connectivity index (χ0) is 18.1. The quantitative estimate of drug-likeness (QED) is 0.763. The topological polar surface area (TPSA) is 69.6 Å². The zero-order valence-electron chi connectivity index (χ0n) is 14.1. The third kappa shape index (κ3) is 3.15. The number of amides is 2. The average molecular weight is 372 g/mol. The van der Waals surface area contributed by atoms with Gasteiger partial charge in [0.2, 0.25) is 11.9 Å². The van der Waals surface area contributed by atoms with Gasteiger partial charge in [0.15, 0.2) is 0 Å². The molecule has 0 radical (unpaired) electrons. The summed E-state index contributed by atoms with van der Waals surface area (Å²) in [5, 5.41) is 0.503. The van der Waals surface area contributed by atoms with Gasteiger partial charge in [0.05, 0.1) is 18.2 Å². The molecular formula is C18H18ClN5O2. The van der Waals surface area contributed by atoms with E-state index in [-0.39, 0.29) is 18.2 Å². The summed E-state index contributed by atoms with van der Waals surface area (Å²) in [4.78, 5) is 39.3. The van der Waals surface area contributed by atoms with Gasteiger partial charge in [0.1, 0.15) is 0 Å². The largest absolute Gasteiger partial charge is 0.338 e. The van der Waals surface area contributed by atoms with Crippen LogP contribution < -0.4 is 9.80 Å². The van der Waals surface area contributed by atoms with Crippen molar-refractivity contribution in [3.05, 3.63) is 47.7 Å². The number of anilines is 2. The molecule has 2 aromatic rings. The van der Waals surface area contributed by atoms with Crippen molar-refractivity contribution >= 4 is 35.1 Å². The van der Waals surface area contributed by atoms with Gasteiger partial charge < -0.3 is 4.90 Å². The summed E-state index contributed by atoms with van der Waals surface area (Å²) in [5.41, 5.74) is 0.534. The van der Waals surface area contributed by atoms with Crippen LogP contribution in [0.5, 0.6) is 0 Å². The van der Waals surface area contributed by atoms with Crippen LogP contribution in [0.15, 0.2) is 42.7 Å². The van der Waals surface area contributed by atoms with Crippen LogP contribution in [0.4, 0.5) is 11.6 Å². The summed E-state index contributed by atoms with van der Waals surface area (Å²) in [6, 6.07) is 8.20. The molecule has 1 aromatic carbocycles. The summed E-state index contributed by atoms with van der Waals surface area (Å²) in [6.07, 6.45) is 3.64. The summed E-state index contributed by atoms with van der Waals surface area (Å²) >= 11 is 6.00. The van der Waals surface area contributed by atoms with Crippen LogP contribution in [-0.2, 0) is 9.59 Å². The van der Waals surface area contributed by atoms with E-state index < -0.39 is 6.04 Å². The predicted molar refractivity (Wildman–Crippen MR) is 98.2 cm³/mol. The van der Waals surface area contributed by atoms with Gasteiger partial charge in [-0.05, 0) is 24.3 Å². The molecule has 0 saturated carbocycles. The van der Waals surface area contributed by atoms with Gasteiger partial charge in [-0.2, -0.15) is 0 Å². The number of aromatic nitrogens is 2. The first kappa shape index (κ1) is 16.9. The molecule has 0 N–H and O–H groups in total. The minimum atomic E-state index is -0.416. The van der Waals surface area contributed by atoms with Crippen LogP contribution in [0.2, 0.25) is 5.02 Å². The van der Waals surface area contributed by atoms with Crippen LogP contribution in [0, 0.1) is 0 Å². The van der Waals surface area contributed by atoms with Crippen molar-refractivity contribution in [3.8, 4) is 0 Å². The number of nitrogens with zero attached hydrogens (tertiary/aromatic N) is 5. The van der Waals surface area contributed by atoms with Crippen molar-refractivity contribution < 1.29 is 9.59 Å². The van der Waals surface area contributed by atoms with E-state index in [1.54, 1.807) is 42.7 Å². The van der Waals surface area contributed by atoms with Crippen LogP contribution in [0.25, 0.3) is 0 Å². The van der Waals surface area contributed by atoms with E-state index in [2.05, 4.69) is 19.8 Å². The number of carbonyl (C=O) groups is 2. The second-order valence-electron chi connectivity index (χ2n) is 6.34. The number of imide groups is 1. The number of rotatable bonds is 3. The maximum atomic E-state index is 12.9. The highest BCUT2D eigenvalue weighted by atomic mass is 35.5. The van der Waals surface area contributed by atoms with Crippen molar-refractivity contribution in [1.29, 1.82) is 0 Å². The Bertz CT molecular complexity index is 823. The lowest BCUT2D eigenvalue weighted by Crippen LogP contribution is -2.53. The molecule has 134 valence electrons. The molecule has 0 aliphatic carbocycles. The van der Waals surface area contributed by atoms with Gasteiger partial charge in [-0.25, -0.2) is 14.9 Å². The Labute approximate surface area is 156 Å². The first-order chi connectivity index (χ1) is 12.6. The minimum Gasteiger partial charge on any atom is -0.338 e. The Morgan fingerprint density at radius 2 is 1.73 bits per heavy atom. The van der Waals surface area contributed by atoms with Crippen LogP contribution in [0.3, 0.4) is 0 Å². The molecule has 0 bridgehead atoms. The summed E-state index contributed by atoms with van der Waals surface area (Å²) < 4.78 is 0. The maximum absolute atomic E-state index is 12.9. The smallest absolute Gasteiger partial charge is 0.251 e. The minimum absolute atomic E-state index is 0.179. The third-order valence-electron chi connectivity index (χ3n) is 4.78. The van der Waals surface area contributed by atoms with Crippen molar-refractivity contribution in [2.45, 2.75) is 12.5 Å². The molecule has 0 spiro atoms. The van der Waals surface area contributed by atoms with E-state index in [0.717, 1.165) is 13.1 Å². The maximum Gasteiger partial charge on any atom is 0.251 e. The fourth-order valence-electron chi connectivity index (χ4n) is 3.48. The molecule has 7 nitrogen and oxygen atoms in total. The number of hydrogen-bond donors (Lipinski definition) is 0. The Balaban J connectivity index is 1.45. The monoisotopic (exact) mass is 371 g/mol. The summed E-state index contributed by atoms with van der Waals surface area (Å²) in [7, 11) is 0. The van der Waals surface area contributed by atoms with Crippen LogP contribution in [-0.4, -0.2) is 58.9 Å². The van der Waals surface area contributed by atoms with Crippen molar-refractivity contribution in [2.24, 2.45) is 0 Å². The van der Waals surface area contributed by atoms with Crippen molar-refractivity contribution in [1.82, 2.24) is 14.9 Å². The van der Waals surface area contributed by atoms with Crippen LogP contribution in [0.1, 0.15) is 6.42 Å². The fraction of sp³-hybridized carbons (Fsp3) is 0.333. The lowest BCUT2D eigenvalue weighted by atomic mass is 10.2. The highest BCUT2D eigenvalue weighted by Gasteiger charge is 2.43. The van der Waals surface area contributed by atoms with Gasteiger partial charge >= 0.3 is 0 Å². The highest BCUT2D eigenvalue weighted by molar-refractivity contribution is 6.31. The van der Waals surface area contributed by atoms with Gasteiger partial charge in [-0.1, -0.05) is 17.7 Å². The summed E-state index contributed by atoms with van der Waals surface area (Å²) in [5.74, 6) is 0.333. The molecule has 2 aliphatic heterocycles. The average Bonchev–Trinajstić information content (AvgIpc) is 2.97. The van der Waals surface area contributed by atoms with Gasteiger partial charge in [-0.3, -0.25) is 14.5 Å². The van der Waals surface area contributed by atoms with E-state index >= 15 is 0 Å². The first-order valence-corrected chi connectivity index (χ1v) is 8.89. The predicted octanol–water partition coefficient (Wildman–Crippen LogP) is 1.58. The molecule has 4 rings (SSSR count).